The van der Waals surface area contributed by atoms with Crippen molar-refractivity contribution in [3.8, 4) is 0 Å². The predicted molar refractivity (Wildman–Crippen MR) is 83.2 cm³/mol. The molecule has 19 heavy (non-hydrogen) atoms. The Balaban J connectivity index is 2.34. The zero-order valence-corrected chi connectivity index (χ0v) is 13.9. The molecule has 4 heteroatoms. The molecule has 0 unspecified atom stereocenters. The fraction of sp³-hybridized carbons (Fsp3) is 0.733. The number of halogens is 1. The van der Waals surface area contributed by atoms with Gasteiger partial charge >= 0.3 is 0 Å². The summed E-state index contributed by atoms with van der Waals surface area (Å²) in [5.74, 6) is 2.84. The molecule has 1 aromatic heterocycles. The van der Waals surface area contributed by atoms with Crippen LogP contribution in [0.4, 0.5) is 5.82 Å². The van der Waals surface area contributed by atoms with Gasteiger partial charge in [-0.05, 0) is 34.7 Å². The summed E-state index contributed by atoms with van der Waals surface area (Å²) in [6.07, 6.45) is 4.92. The normalized spacial score (nSPS) is 24.5. The van der Waals surface area contributed by atoms with E-state index in [-0.39, 0.29) is 5.41 Å². The van der Waals surface area contributed by atoms with Gasteiger partial charge in [0.25, 0.3) is 0 Å². The van der Waals surface area contributed by atoms with Gasteiger partial charge in [-0.2, -0.15) is 0 Å². The number of nitrogens with two attached hydrogens (primary N) is 1. The first-order valence-electron chi connectivity index (χ1n) is 7.12. The minimum Gasteiger partial charge on any atom is -0.383 e. The van der Waals surface area contributed by atoms with E-state index in [9.17, 15) is 0 Å². The lowest BCUT2D eigenvalue weighted by molar-refractivity contribution is 0.338. The third kappa shape index (κ3) is 3.28. The first-order chi connectivity index (χ1) is 8.79. The van der Waals surface area contributed by atoms with Gasteiger partial charge in [-0.15, -0.1) is 0 Å². The maximum Gasteiger partial charge on any atom is 0.141 e. The van der Waals surface area contributed by atoms with Gasteiger partial charge in [-0.25, -0.2) is 9.97 Å². The van der Waals surface area contributed by atoms with Gasteiger partial charge in [0.05, 0.1) is 10.2 Å². The second kappa shape index (κ2) is 5.39. The standard InChI is InChI=1S/C15H24BrN3/c1-9-5-7-10(8-6-9)14-18-12(15(2,3)4)11(16)13(17)19-14/h9-10H,5-8H2,1-4H3,(H2,17,18,19). The average Bonchev–Trinajstić information content (AvgIpc) is 2.32. The van der Waals surface area contributed by atoms with Crippen LogP contribution in [0, 0.1) is 5.92 Å². The quantitative estimate of drug-likeness (QED) is 0.831. The number of aromatic nitrogens is 2. The molecule has 0 saturated heterocycles. The molecule has 1 aromatic rings. The third-order valence-corrected chi connectivity index (χ3v) is 4.77. The topological polar surface area (TPSA) is 51.8 Å². The Kier molecular flexibility index (Phi) is 4.19. The van der Waals surface area contributed by atoms with Crippen LogP contribution >= 0.6 is 15.9 Å². The Labute approximate surface area is 124 Å². The van der Waals surface area contributed by atoms with Gasteiger partial charge in [-0.1, -0.05) is 40.5 Å². The molecule has 1 aliphatic rings. The zero-order valence-electron chi connectivity index (χ0n) is 12.3. The van der Waals surface area contributed by atoms with Crippen LogP contribution in [-0.2, 0) is 5.41 Å². The van der Waals surface area contributed by atoms with E-state index in [1.165, 1.54) is 25.7 Å². The first kappa shape index (κ1) is 14.8. The molecule has 0 spiro atoms. The van der Waals surface area contributed by atoms with Crippen molar-refractivity contribution in [1.29, 1.82) is 0 Å². The molecular weight excluding hydrogens is 302 g/mol. The molecule has 0 aliphatic heterocycles. The van der Waals surface area contributed by atoms with Crippen molar-refractivity contribution in [3.63, 3.8) is 0 Å². The lowest BCUT2D eigenvalue weighted by Crippen LogP contribution is -2.20. The summed E-state index contributed by atoms with van der Waals surface area (Å²) in [6.45, 7) is 8.80. The van der Waals surface area contributed by atoms with Gasteiger partial charge in [0.2, 0.25) is 0 Å². The molecule has 1 aliphatic carbocycles. The minimum atomic E-state index is -0.0212. The molecular formula is C15H24BrN3. The van der Waals surface area contributed by atoms with E-state index in [4.69, 9.17) is 10.7 Å². The lowest BCUT2D eigenvalue weighted by atomic mass is 9.82. The zero-order chi connectivity index (χ0) is 14.2. The van der Waals surface area contributed by atoms with Gasteiger partial charge in [-0.3, -0.25) is 0 Å². The van der Waals surface area contributed by atoms with Gasteiger partial charge in [0.1, 0.15) is 11.6 Å². The Morgan fingerprint density at radius 2 is 1.68 bits per heavy atom. The van der Waals surface area contributed by atoms with E-state index in [2.05, 4.69) is 48.6 Å². The fourth-order valence-corrected chi connectivity index (χ4v) is 3.45. The molecule has 2 N–H and O–H groups in total. The van der Waals surface area contributed by atoms with Crippen molar-refractivity contribution in [2.24, 2.45) is 5.92 Å². The fourth-order valence-electron chi connectivity index (χ4n) is 2.68. The highest BCUT2D eigenvalue weighted by molar-refractivity contribution is 9.10. The van der Waals surface area contributed by atoms with Gasteiger partial charge < -0.3 is 5.73 Å². The van der Waals surface area contributed by atoms with Crippen LogP contribution in [-0.4, -0.2) is 9.97 Å². The monoisotopic (exact) mass is 325 g/mol. The van der Waals surface area contributed by atoms with Crippen LogP contribution in [0.5, 0.6) is 0 Å². The van der Waals surface area contributed by atoms with Crippen LogP contribution < -0.4 is 5.73 Å². The van der Waals surface area contributed by atoms with E-state index in [0.717, 1.165) is 21.9 Å². The number of hydrogen-bond acceptors (Lipinski definition) is 3. The maximum absolute atomic E-state index is 6.05. The molecule has 1 fully saturated rings. The van der Waals surface area contributed by atoms with Crippen LogP contribution in [0.15, 0.2) is 4.47 Å². The Morgan fingerprint density at radius 3 is 2.21 bits per heavy atom. The Hall–Kier alpha value is -0.640. The lowest BCUT2D eigenvalue weighted by Gasteiger charge is -2.27. The van der Waals surface area contributed by atoms with Crippen molar-refractivity contribution in [2.45, 2.75) is 64.7 Å². The summed E-state index contributed by atoms with van der Waals surface area (Å²) in [6, 6.07) is 0. The van der Waals surface area contributed by atoms with Gasteiger partial charge in [0.15, 0.2) is 0 Å². The second-order valence-electron chi connectivity index (χ2n) is 6.84. The molecule has 0 amide bonds. The number of hydrogen-bond donors (Lipinski definition) is 1. The maximum atomic E-state index is 6.05. The molecule has 106 valence electrons. The van der Waals surface area contributed by atoms with Crippen molar-refractivity contribution in [2.75, 3.05) is 5.73 Å². The van der Waals surface area contributed by atoms with Crippen LogP contribution in [0.25, 0.3) is 0 Å². The first-order valence-corrected chi connectivity index (χ1v) is 7.91. The second-order valence-corrected chi connectivity index (χ2v) is 7.63. The summed E-state index contributed by atoms with van der Waals surface area (Å²) in [7, 11) is 0. The van der Waals surface area contributed by atoms with Crippen molar-refractivity contribution >= 4 is 21.7 Å². The molecule has 0 atom stereocenters. The molecule has 0 aromatic carbocycles. The van der Waals surface area contributed by atoms with E-state index in [1.54, 1.807) is 0 Å². The summed E-state index contributed by atoms with van der Waals surface area (Å²) in [5.41, 5.74) is 7.05. The summed E-state index contributed by atoms with van der Waals surface area (Å²) in [5, 5.41) is 0. The number of nitrogens with zero attached hydrogens (tertiary/aromatic N) is 2. The van der Waals surface area contributed by atoms with Crippen LogP contribution in [0.2, 0.25) is 0 Å². The summed E-state index contributed by atoms with van der Waals surface area (Å²) < 4.78 is 0.855. The minimum absolute atomic E-state index is 0.0212. The Bertz CT molecular complexity index is 457. The average molecular weight is 326 g/mol. The van der Waals surface area contributed by atoms with E-state index in [0.29, 0.717) is 11.7 Å². The predicted octanol–water partition coefficient (Wildman–Crippen LogP) is 4.41. The van der Waals surface area contributed by atoms with Crippen molar-refractivity contribution in [3.05, 3.63) is 16.0 Å². The largest absolute Gasteiger partial charge is 0.383 e. The third-order valence-electron chi connectivity index (χ3n) is 3.99. The number of rotatable bonds is 1. The van der Waals surface area contributed by atoms with Crippen molar-refractivity contribution in [1.82, 2.24) is 9.97 Å². The van der Waals surface area contributed by atoms with Gasteiger partial charge in [0, 0.05) is 11.3 Å². The van der Waals surface area contributed by atoms with Crippen LogP contribution in [0.3, 0.4) is 0 Å². The van der Waals surface area contributed by atoms with Crippen molar-refractivity contribution < 1.29 is 0 Å². The molecule has 1 heterocycles. The van der Waals surface area contributed by atoms with Crippen LogP contribution in [0.1, 0.15) is 70.8 Å². The van der Waals surface area contributed by atoms with E-state index >= 15 is 0 Å². The summed E-state index contributed by atoms with van der Waals surface area (Å²) >= 11 is 3.53. The molecule has 1 saturated carbocycles. The highest BCUT2D eigenvalue weighted by Crippen LogP contribution is 2.37. The SMILES string of the molecule is CC1CCC(c2nc(N)c(Br)c(C(C)(C)C)n2)CC1. The Morgan fingerprint density at radius 1 is 1.11 bits per heavy atom. The molecule has 3 nitrogen and oxygen atoms in total. The number of nitrogen functional groups attached to an aromatic ring is 1. The van der Waals surface area contributed by atoms with E-state index in [1.807, 2.05) is 0 Å². The summed E-state index contributed by atoms with van der Waals surface area (Å²) in [4.78, 5) is 9.33. The molecule has 0 radical (unpaired) electrons. The molecule has 0 bridgehead atoms. The highest BCUT2D eigenvalue weighted by Gasteiger charge is 2.27. The molecule has 2 rings (SSSR count). The smallest absolute Gasteiger partial charge is 0.141 e. The highest BCUT2D eigenvalue weighted by atomic mass is 79.9. The number of anilines is 1. The van der Waals surface area contributed by atoms with E-state index < -0.39 is 0 Å².